The van der Waals surface area contributed by atoms with Crippen molar-refractivity contribution in [2.24, 2.45) is 7.05 Å². The number of rotatable bonds is 5. The number of anilines is 1. The number of hydrogen-bond acceptors (Lipinski definition) is 5. The molecule has 30 heavy (non-hydrogen) atoms. The minimum atomic E-state index is -0.732. The molecule has 2 amide bonds. The summed E-state index contributed by atoms with van der Waals surface area (Å²) in [5, 5.41) is 6.47. The normalized spacial score (nSPS) is 13.5. The fourth-order valence-corrected chi connectivity index (χ4v) is 3.64. The third-order valence-corrected chi connectivity index (χ3v) is 5.20. The lowest BCUT2D eigenvalue weighted by molar-refractivity contribution is -0.136. The van der Waals surface area contributed by atoms with Crippen molar-refractivity contribution in [3.63, 3.8) is 0 Å². The fourth-order valence-electron chi connectivity index (χ4n) is 3.64. The molecule has 0 saturated carbocycles. The third-order valence-electron chi connectivity index (χ3n) is 5.20. The summed E-state index contributed by atoms with van der Waals surface area (Å²) in [7, 11) is 5.90. The smallest absolute Gasteiger partial charge is 0.313 e. The molecule has 4 rings (SSSR count). The molecule has 0 spiro atoms. The standard InChI is InChI=1S/C22H24N4O4/c1-25(2)18(16-12-26(3)17-7-5-4-6-15(16)17)11-23-21(27)22(28)24-14-8-9-19-20(10-14)30-13-29-19/h4-10,12,18H,11,13H2,1-3H3,(H,23,27)(H,24,28). The van der Waals surface area contributed by atoms with Crippen LogP contribution in [0.4, 0.5) is 5.69 Å². The van der Waals surface area contributed by atoms with Crippen LogP contribution < -0.4 is 20.1 Å². The third kappa shape index (κ3) is 3.81. The molecule has 1 atom stereocenters. The SMILES string of the molecule is CN(C)C(CNC(=O)C(=O)Nc1ccc2c(c1)OCO2)c1cn(C)c2ccccc12. The monoisotopic (exact) mass is 408 g/mol. The number of amides is 2. The number of benzene rings is 2. The first-order valence-corrected chi connectivity index (χ1v) is 9.63. The number of ether oxygens (including phenoxy) is 2. The van der Waals surface area contributed by atoms with Gasteiger partial charge < -0.3 is 29.6 Å². The van der Waals surface area contributed by atoms with Crippen molar-refractivity contribution in [2.75, 3.05) is 32.7 Å². The Kier molecular flexibility index (Phi) is 5.33. The summed E-state index contributed by atoms with van der Waals surface area (Å²) >= 11 is 0. The number of nitrogens with zero attached hydrogens (tertiary/aromatic N) is 2. The van der Waals surface area contributed by atoms with E-state index in [-0.39, 0.29) is 12.8 Å². The lowest BCUT2D eigenvalue weighted by atomic mass is 10.0. The number of hydrogen-bond donors (Lipinski definition) is 2. The molecule has 1 aromatic heterocycles. The highest BCUT2D eigenvalue weighted by Gasteiger charge is 2.22. The van der Waals surface area contributed by atoms with Crippen molar-refractivity contribution in [1.82, 2.24) is 14.8 Å². The Labute approximate surface area is 174 Å². The average molecular weight is 408 g/mol. The van der Waals surface area contributed by atoms with Gasteiger partial charge in [0.1, 0.15) is 0 Å². The number of carbonyl (C=O) groups excluding carboxylic acids is 2. The first kappa shape index (κ1) is 19.8. The van der Waals surface area contributed by atoms with E-state index in [1.807, 2.05) is 38.2 Å². The number of carbonyl (C=O) groups is 2. The zero-order chi connectivity index (χ0) is 21.3. The number of likely N-dealkylation sites (N-methyl/N-ethyl adjacent to an activating group) is 1. The lowest BCUT2D eigenvalue weighted by Gasteiger charge is -2.24. The fraction of sp³-hybridized carbons (Fsp3) is 0.273. The zero-order valence-corrected chi connectivity index (χ0v) is 17.1. The highest BCUT2D eigenvalue weighted by atomic mass is 16.7. The van der Waals surface area contributed by atoms with E-state index in [1.165, 1.54) is 0 Å². The largest absolute Gasteiger partial charge is 0.454 e. The summed E-state index contributed by atoms with van der Waals surface area (Å²) in [6.07, 6.45) is 2.06. The molecule has 0 fully saturated rings. The second-order valence-corrected chi connectivity index (χ2v) is 7.42. The number of fused-ring (bicyclic) bond motifs is 2. The molecule has 156 valence electrons. The van der Waals surface area contributed by atoms with Gasteiger partial charge in [0.25, 0.3) is 0 Å². The summed E-state index contributed by atoms with van der Waals surface area (Å²) in [4.78, 5) is 26.8. The van der Waals surface area contributed by atoms with Crippen molar-refractivity contribution in [1.29, 1.82) is 0 Å². The molecule has 0 bridgehead atoms. The highest BCUT2D eigenvalue weighted by molar-refractivity contribution is 6.39. The molecular formula is C22H24N4O4. The van der Waals surface area contributed by atoms with Gasteiger partial charge in [0.2, 0.25) is 6.79 Å². The minimum Gasteiger partial charge on any atom is -0.454 e. The van der Waals surface area contributed by atoms with Crippen LogP contribution in [0.15, 0.2) is 48.7 Å². The molecule has 2 aromatic carbocycles. The molecule has 3 aromatic rings. The summed E-state index contributed by atoms with van der Waals surface area (Å²) in [6, 6.07) is 13.0. The van der Waals surface area contributed by atoms with Gasteiger partial charge in [0.05, 0.1) is 6.04 Å². The Morgan fingerprint density at radius 1 is 1.10 bits per heavy atom. The van der Waals surface area contributed by atoms with Crippen molar-refractivity contribution >= 4 is 28.4 Å². The van der Waals surface area contributed by atoms with Gasteiger partial charge in [-0.3, -0.25) is 9.59 Å². The topological polar surface area (TPSA) is 84.8 Å². The molecule has 0 aliphatic carbocycles. The number of aromatic nitrogens is 1. The van der Waals surface area contributed by atoms with Gasteiger partial charge in [0, 0.05) is 42.4 Å². The quantitative estimate of drug-likeness (QED) is 0.633. The van der Waals surface area contributed by atoms with Crippen LogP contribution in [0.5, 0.6) is 11.5 Å². The van der Waals surface area contributed by atoms with Gasteiger partial charge in [-0.15, -0.1) is 0 Å². The predicted molar refractivity (Wildman–Crippen MR) is 114 cm³/mol. The molecule has 8 nitrogen and oxygen atoms in total. The van der Waals surface area contributed by atoms with Crippen LogP contribution in [0.25, 0.3) is 10.9 Å². The Balaban J connectivity index is 1.43. The van der Waals surface area contributed by atoms with Crippen LogP contribution >= 0.6 is 0 Å². The van der Waals surface area contributed by atoms with Crippen LogP contribution in [0.3, 0.4) is 0 Å². The second-order valence-electron chi connectivity index (χ2n) is 7.42. The maximum Gasteiger partial charge on any atom is 0.313 e. The molecule has 1 unspecified atom stereocenters. The maximum absolute atomic E-state index is 12.4. The maximum atomic E-state index is 12.4. The molecule has 1 aliphatic heterocycles. The Morgan fingerprint density at radius 3 is 2.67 bits per heavy atom. The van der Waals surface area contributed by atoms with Gasteiger partial charge in [0.15, 0.2) is 11.5 Å². The molecule has 1 aliphatic rings. The van der Waals surface area contributed by atoms with E-state index in [4.69, 9.17) is 9.47 Å². The molecule has 0 saturated heterocycles. The van der Waals surface area contributed by atoms with E-state index in [1.54, 1.807) is 18.2 Å². The summed E-state index contributed by atoms with van der Waals surface area (Å²) < 4.78 is 12.6. The lowest BCUT2D eigenvalue weighted by Crippen LogP contribution is -2.40. The first-order chi connectivity index (χ1) is 14.4. The second kappa shape index (κ2) is 8.08. The van der Waals surface area contributed by atoms with Crippen LogP contribution in [-0.2, 0) is 16.6 Å². The molecular weight excluding hydrogens is 384 g/mol. The van der Waals surface area contributed by atoms with Crippen LogP contribution in [0.2, 0.25) is 0 Å². The summed E-state index contributed by atoms with van der Waals surface area (Å²) in [5.41, 5.74) is 2.68. The van der Waals surface area contributed by atoms with Gasteiger partial charge in [-0.1, -0.05) is 18.2 Å². The van der Waals surface area contributed by atoms with Gasteiger partial charge in [-0.25, -0.2) is 0 Å². The van der Waals surface area contributed by atoms with E-state index in [9.17, 15) is 9.59 Å². The van der Waals surface area contributed by atoms with Gasteiger partial charge >= 0.3 is 11.8 Å². The number of aryl methyl sites for hydroxylation is 1. The highest BCUT2D eigenvalue weighted by Crippen LogP contribution is 2.34. The number of para-hydroxylation sites is 1. The molecule has 2 N–H and O–H groups in total. The molecule has 0 radical (unpaired) electrons. The molecule has 8 heteroatoms. The summed E-state index contributed by atoms with van der Waals surface area (Å²) in [5.74, 6) is -0.276. The summed E-state index contributed by atoms with van der Waals surface area (Å²) in [6.45, 7) is 0.446. The first-order valence-electron chi connectivity index (χ1n) is 9.63. The minimum absolute atomic E-state index is 0.0848. The van der Waals surface area contributed by atoms with Crippen LogP contribution in [0, 0.1) is 0 Å². The number of nitrogens with one attached hydrogen (secondary N) is 2. The molecule has 2 heterocycles. The van der Waals surface area contributed by atoms with Crippen molar-refractivity contribution in [2.45, 2.75) is 6.04 Å². The van der Waals surface area contributed by atoms with Crippen molar-refractivity contribution in [3.05, 3.63) is 54.2 Å². The average Bonchev–Trinajstić information content (AvgIpc) is 3.32. The zero-order valence-electron chi connectivity index (χ0n) is 17.1. The van der Waals surface area contributed by atoms with Crippen LogP contribution in [-0.4, -0.2) is 48.7 Å². The van der Waals surface area contributed by atoms with Gasteiger partial charge in [-0.2, -0.15) is 0 Å². The van der Waals surface area contributed by atoms with Crippen molar-refractivity contribution < 1.29 is 19.1 Å². The van der Waals surface area contributed by atoms with E-state index in [0.717, 1.165) is 16.5 Å². The van der Waals surface area contributed by atoms with E-state index >= 15 is 0 Å². The van der Waals surface area contributed by atoms with Crippen molar-refractivity contribution in [3.8, 4) is 11.5 Å². The van der Waals surface area contributed by atoms with Crippen LogP contribution in [0.1, 0.15) is 11.6 Å². The van der Waals surface area contributed by atoms with E-state index < -0.39 is 11.8 Å². The Hall–Kier alpha value is -3.52. The van der Waals surface area contributed by atoms with E-state index in [0.29, 0.717) is 23.7 Å². The van der Waals surface area contributed by atoms with E-state index in [2.05, 4.69) is 33.5 Å². The predicted octanol–water partition coefficient (Wildman–Crippen LogP) is 2.26. The Bertz CT molecular complexity index is 1110. The Morgan fingerprint density at radius 2 is 1.87 bits per heavy atom. The van der Waals surface area contributed by atoms with Gasteiger partial charge in [-0.05, 0) is 37.9 Å².